The number of nitriles is 1. The summed E-state index contributed by atoms with van der Waals surface area (Å²) in [6.45, 7) is 3.45. The standard InChI is InChI=1S/C20H20F2N4.C3H4F2O/c1-13(24-3)19(15-5-7-17(8-6-15)20(2,21)22)26-18-9-4-14(11-23)10-16(18)12-25-26;1-3(4,5)2-6/h4-10,12-13,19,24H,1-3H3;2H,1H3. The number of hydrogen-bond acceptors (Lipinski definition) is 4. The van der Waals surface area contributed by atoms with Crippen molar-refractivity contribution in [3.05, 3.63) is 65.4 Å². The summed E-state index contributed by atoms with van der Waals surface area (Å²) in [7, 11) is 1.85. The number of aldehydes is 1. The van der Waals surface area contributed by atoms with Gasteiger partial charge in [-0.25, -0.2) is 8.78 Å². The second kappa shape index (κ2) is 9.92. The van der Waals surface area contributed by atoms with E-state index in [0.717, 1.165) is 23.4 Å². The largest absolute Gasteiger partial charge is 0.315 e. The molecule has 0 saturated carbocycles. The highest BCUT2D eigenvalue weighted by Crippen LogP contribution is 2.31. The molecule has 1 N–H and O–H groups in total. The molecule has 5 nitrogen and oxygen atoms in total. The fourth-order valence-corrected chi connectivity index (χ4v) is 3.12. The first-order valence-corrected chi connectivity index (χ1v) is 9.78. The van der Waals surface area contributed by atoms with Gasteiger partial charge in [-0.3, -0.25) is 9.48 Å². The quantitative estimate of drug-likeness (QED) is 0.423. The summed E-state index contributed by atoms with van der Waals surface area (Å²) in [5.41, 5.74) is 2.33. The van der Waals surface area contributed by atoms with Gasteiger partial charge in [0.15, 0.2) is 6.29 Å². The van der Waals surface area contributed by atoms with Crippen molar-refractivity contribution in [3.8, 4) is 6.07 Å². The van der Waals surface area contributed by atoms with E-state index in [1.807, 2.05) is 24.7 Å². The van der Waals surface area contributed by atoms with Gasteiger partial charge in [0.1, 0.15) is 0 Å². The van der Waals surface area contributed by atoms with Gasteiger partial charge in [-0.15, -0.1) is 0 Å². The van der Waals surface area contributed by atoms with E-state index in [1.165, 1.54) is 12.1 Å². The Morgan fingerprint density at radius 3 is 2.19 bits per heavy atom. The highest BCUT2D eigenvalue weighted by Gasteiger charge is 2.26. The van der Waals surface area contributed by atoms with Crippen molar-refractivity contribution in [1.82, 2.24) is 15.1 Å². The van der Waals surface area contributed by atoms with Gasteiger partial charge in [0.25, 0.3) is 11.8 Å². The number of halogens is 4. The molecule has 1 heterocycles. The van der Waals surface area contributed by atoms with Crippen LogP contribution in [0, 0.1) is 11.3 Å². The molecule has 32 heavy (non-hydrogen) atoms. The summed E-state index contributed by atoms with van der Waals surface area (Å²) in [6.07, 6.45) is 1.33. The van der Waals surface area contributed by atoms with Gasteiger partial charge in [0, 0.05) is 30.8 Å². The first kappa shape index (κ1) is 25.0. The number of rotatable bonds is 6. The molecule has 0 saturated heterocycles. The zero-order chi connectivity index (χ0) is 24.1. The molecule has 2 aromatic carbocycles. The van der Waals surface area contributed by atoms with Crippen LogP contribution < -0.4 is 5.32 Å². The lowest BCUT2D eigenvalue weighted by atomic mass is 9.97. The highest BCUT2D eigenvalue weighted by molar-refractivity contribution is 5.80. The van der Waals surface area contributed by atoms with Gasteiger partial charge >= 0.3 is 0 Å². The highest BCUT2D eigenvalue weighted by atomic mass is 19.3. The summed E-state index contributed by atoms with van der Waals surface area (Å²) >= 11 is 0. The summed E-state index contributed by atoms with van der Waals surface area (Å²) in [5, 5.41) is 17.7. The molecule has 0 aliphatic carbocycles. The van der Waals surface area contributed by atoms with Crippen LogP contribution in [0.5, 0.6) is 0 Å². The minimum atomic E-state index is -3.14. The van der Waals surface area contributed by atoms with Crippen molar-refractivity contribution in [2.45, 2.75) is 44.7 Å². The monoisotopic (exact) mass is 448 g/mol. The summed E-state index contributed by atoms with van der Waals surface area (Å²) < 4.78 is 51.1. The smallest absolute Gasteiger partial charge is 0.299 e. The van der Waals surface area contributed by atoms with Gasteiger partial charge in [0.2, 0.25) is 0 Å². The van der Waals surface area contributed by atoms with E-state index in [4.69, 9.17) is 10.1 Å². The Balaban J connectivity index is 0.000000534. The average Bonchev–Trinajstić information content (AvgIpc) is 3.16. The first-order chi connectivity index (χ1) is 14.9. The molecule has 0 fully saturated rings. The Morgan fingerprint density at radius 2 is 1.72 bits per heavy atom. The molecule has 3 aromatic rings. The Morgan fingerprint density at radius 1 is 1.12 bits per heavy atom. The summed E-state index contributed by atoms with van der Waals surface area (Å²) in [5.74, 6) is -6.01. The number of alkyl halides is 4. The fraction of sp³-hybridized carbons (Fsp3) is 0.348. The SMILES string of the molecule is CC(F)(F)C=O.CNC(C)C(c1ccc(C(C)(F)F)cc1)n1ncc2cc(C#N)ccc21. The lowest BCUT2D eigenvalue weighted by molar-refractivity contribution is -0.126. The molecule has 2 atom stereocenters. The molecule has 9 heteroatoms. The van der Waals surface area contributed by atoms with Gasteiger partial charge in [-0.05, 0) is 37.7 Å². The van der Waals surface area contributed by atoms with Crippen LogP contribution in [-0.2, 0) is 10.7 Å². The number of nitrogens with one attached hydrogen (secondary N) is 1. The van der Waals surface area contributed by atoms with E-state index in [2.05, 4.69) is 16.5 Å². The summed E-state index contributed by atoms with van der Waals surface area (Å²) in [6, 6.07) is 13.7. The maximum Gasteiger partial charge on any atom is 0.299 e. The van der Waals surface area contributed by atoms with Crippen LogP contribution >= 0.6 is 0 Å². The van der Waals surface area contributed by atoms with Crippen molar-refractivity contribution in [2.24, 2.45) is 0 Å². The van der Waals surface area contributed by atoms with Crippen molar-refractivity contribution in [3.63, 3.8) is 0 Å². The molecule has 0 amide bonds. The number of benzene rings is 2. The van der Waals surface area contributed by atoms with Crippen LogP contribution in [0.4, 0.5) is 17.6 Å². The second-order valence-corrected chi connectivity index (χ2v) is 7.58. The molecule has 1 aromatic heterocycles. The Labute approximate surface area is 183 Å². The number of carbonyl (C=O) groups is 1. The first-order valence-electron chi connectivity index (χ1n) is 9.78. The number of carbonyl (C=O) groups excluding carboxylic acids is 1. The Bertz CT molecular complexity index is 1090. The van der Waals surface area contributed by atoms with Crippen LogP contribution in [0.25, 0.3) is 10.9 Å². The zero-order valence-corrected chi connectivity index (χ0v) is 18.1. The van der Waals surface area contributed by atoms with E-state index in [0.29, 0.717) is 12.5 Å². The lowest BCUT2D eigenvalue weighted by Crippen LogP contribution is -2.34. The van der Waals surface area contributed by atoms with Crippen molar-refractivity contribution in [2.75, 3.05) is 7.05 Å². The van der Waals surface area contributed by atoms with Crippen molar-refractivity contribution >= 4 is 17.2 Å². The van der Waals surface area contributed by atoms with Gasteiger partial charge in [-0.1, -0.05) is 24.3 Å². The number of likely N-dealkylation sites (N-methyl/N-ethyl adjacent to an activating group) is 1. The number of nitrogens with zero attached hydrogens (tertiary/aromatic N) is 3. The van der Waals surface area contributed by atoms with Crippen LogP contribution in [0.3, 0.4) is 0 Å². The van der Waals surface area contributed by atoms with Crippen LogP contribution in [-0.4, -0.2) is 35.1 Å². The average molecular weight is 448 g/mol. The molecule has 0 aliphatic rings. The topological polar surface area (TPSA) is 70.7 Å². The zero-order valence-electron chi connectivity index (χ0n) is 18.1. The van der Waals surface area contributed by atoms with Crippen molar-refractivity contribution < 1.29 is 22.4 Å². The molecule has 0 radical (unpaired) electrons. The Hall–Kier alpha value is -3.25. The van der Waals surface area contributed by atoms with E-state index in [9.17, 15) is 17.6 Å². The fourth-order valence-electron chi connectivity index (χ4n) is 3.12. The predicted octanol–water partition coefficient (Wildman–Crippen LogP) is 5.06. The third kappa shape index (κ3) is 6.14. The maximum absolute atomic E-state index is 13.5. The van der Waals surface area contributed by atoms with Gasteiger partial charge in [-0.2, -0.15) is 19.1 Å². The molecule has 170 valence electrons. The van der Waals surface area contributed by atoms with Crippen LogP contribution in [0.15, 0.2) is 48.7 Å². The number of fused-ring (bicyclic) bond motifs is 1. The molecule has 3 rings (SSSR count). The van der Waals surface area contributed by atoms with E-state index >= 15 is 0 Å². The van der Waals surface area contributed by atoms with Crippen molar-refractivity contribution in [1.29, 1.82) is 5.26 Å². The number of aromatic nitrogens is 2. The minimum Gasteiger partial charge on any atom is -0.315 e. The molecule has 0 bridgehead atoms. The molecular weight excluding hydrogens is 424 g/mol. The van der Waals surface area contributed by atoms with Gasteiger partial charge in [0.05, 0.1) is 29.4 Å². The predicted molar refractivity (Wildman–Crippen MR) is 114 cm³/mol. The summed E-state index contributed by atoms with van der Waals surface area (Å²) in [4.78, 5) is 9.08. The molecule has 0 aliphatic heterocycles. The third-order valence-electron chi connectivity index (χ3n) is 4.88. The van der Waals surface area contributed by atoms with E-state index in [-0.39, 0.29) is 17.6 Å². The molecular formula is C23H24F4N4O. The van der Waals surface area contributed by atoms with E-state index in [1.54, 1.807) is 30.5 Å². The van der Waals surface area contributed by atoms with E-state index < -0.39 is 18.1 Å². The van der Waals surface area contributed by atoms with Gasteiger partial charge < -0.3 is 5.32 Å². The normalized spacial score (nSPS) is 13.6. The minimum absolute atomic E-state index is 0.0129. The molecule has 2 unspecified atom stereocenters. The Kier molecular flexibility index (Phi) is 7.75. The third-order valence-corrected chi connectivity index (χ3v) is 4.88. The second-order valence-electron chi connectivity index (χ2n) is 7.58. The lowest BCUT2D eigenvalue weighted by Gasteiger charge is -2.26. The maximum atomic E-state index is 13.5. The molecule has 0 spiro atoms. The number of hydrogen-bond donors (Lipinski definition) is 1. The van der Waals surface area contributed by atoms with Crippen LogP contribution in [0.2, 0.25) is 0 Å². The van der Waals surface area contributed by atoms with Crippen LogP contribution in [0.1, 0.15) is 43.5 Å².